The number of aliphatic hydroxyl groups excluding tert-OH is 1. The van der Waals surface area contributed by atoms with Crippen molar-refractivity contribution in [1.82, 2.24) is 4.90 Å². The molecule has 2 aliphatic heterocycles. The molecular weight excluding hydrogens is 580 g/mol. The van der Waals surface area contributed by atoms with Gasteiger partial charge in [0.1, 0.15) is 6.04 Å². The van der Waals surface area contributed by atoms with Gasteiger partial charge in [0.25, 0.3) is 0 Å². The zero-order valence-electron chi connectivity index (χ0n) is 26.1. The molecule has 4 saturated carbocycles. The highest BCUT2D eigenvalue weighted by Gasteiger charge is 2.67. The lowest BCUT2D eigenvalue weighted by atomic mass is 9.44. The number of nitrogens with zero attached hydrogens (tertiary/aromatic N) is 2. The molecule has 0 unspecified atom stereocenters. The van der Waals surface area contributed by atoms with Crippen LogP contribution < -0.4 is 17.0 Å². The van der Waals surface area contributed by atoms with Crippen LogP contribution in [0.15, 0.2) is 12.7 Å². The van der Waals surface area contributed by atoms with Gasteiger partial charge in [0, 0.05) is 37.4 Å². The van der Waals surface area contributed by atoms with Crippen molar-refractivity contribution in [2.24, 2.45) is 34.5 Å². The van der Waals surface area contributed by atoms with Crippen molar-refractivity contribution in [1.29, 1.82) is 0 Å². The summed E-state index contributed by atoms with van der Waals surface area (Å²) in [6, 6.07) is 0.656. The van der Waals surface area contributed by atoms with Gasteiger partial charge in [-0.05, 0) is 93.0 Å². The van der Waals surface area contributed by atoms with E-state index >= 15 is 0 Å². The Hall–Kier alpha value is -0.470. The Kier molecular flexibility index (Phi) is 9.73. The number of hydrogen-bond donors (Lipinski definition) is 1. The molecule has 0 aromatic carbocycles. The zero-order chi connectivity index (χ0) is 28.1. The summed E-state index contributed by atoms with van der Waals surface area (Å²) in [5.74, 6) is 2.62. The summed E-state index contributed by atoms with van der Waals surface area (Å²) in [7, 11) is 0. The highest BCUT2D eigenvalue weighted by atomic mass is 79.9. The number of morpholine rings is 1. The largest absolute Gasteiger partial charge is 1.00 e. The second-order valence-corrected chi connectivity index (χ2v) is 15.2. The van der Waals surface area contributed by atoms with Crippen molar-refractivity contribution in [2.45, 2.75) is 116 Å². The van der Waals surface area contributed by atoms with Gasteiger partial charge >= 0.3 is 5.97 Å². The Morgan fingerprint density at radius 2 is 1.80 bits per heavy atom. The summed E-state index contributed by atoms with van der Waals surface area (Å²) in [5.41, 5.74) is 0.333. The standard InChI is InChI=1S/C34H57N2O4.BrH/c1-5-16-36(17-8-7-9-18-36)29-22-27-25-11-10-24-21-30(37)28(35-14-19-39-20-15-35)23-34(24,4)26(25)12-13-33(27,3)32(29)40-31(38)6-2;/h5,24-30,32,37H,1,6-23H2,2-4H3;1H/q+1;/p-1/t24-,25+,26-,27-,28+,29-,30-,32-,33-,34-;/m0./s1. The molecule has 1 N–H and O–H groups in total. The second kappa shape index (κ2) is 12.5. The SMILES string of the molecule is C=CC[N+]1([C@H]2C[C@H]3[C@@H]4CC[C@H]5C[C@H](O)[C@H](N6CCOCC6)C[C@]5(C)[C@H]4CC[C@]3(C)[C@H]2OC(=O)CC)CCCCC1.[Br-]. The topological polar surface area (TPSA) is 59.0 Å². The minimum Gasteiger partial charge on any atom is -1.00 e. The zero-order valence-corrected chi connectivity index (χ0v) is 27.7. The number of ether oxygens (including phenoxy) is 2. The fraction of sp³-hybridized carbons (Fsp3) is 0.912. The Labute approximate surface area is 259 Å². The number of halogens is 1. The summed E-state index contributed by atoms with van der Waals surface area (Å²) < 4.78 is 13.3. The lowest BCUT2D eigenvalue weighted by Gasteiger charge is -2.62. The second-order valence-electron chi connectivity index (χ2n) is 15.2. The first kappa shape index (κ1) is 31.9. The molecule has 7 heteroatoms. The molecule has 6 rings (SSSR count). The molecule has 6 nitrogen and oxygen atoms in total. The fourth-order valence-corrected chi connectivity index (χ4v) is 11.5. The van der Waals surface area contributed by atoms with Crippen molar-refractivity contribution in [3.8, 4) is 0 Å². The average molecular weight is 638 g/mol. The van der Waals surface area contributed by atoms with Crippen LogP contribution in [0.2, 0.25) is 0 Å². The maximum Gasteiger partial charge on any atom is 0.306 e. The molecule has 0 spiro atoms. The normalized spacial score (nSPS) is 45.9. The first-order valence-electron chi connectivity index (χ1n) is 16.9. The first-order valence-corrected chi connectivity index (χ1v) is 16.9. The van der Waals surface area contributed by atoms with Gasteiger partial charge in [0.15, 0.2) is 6.10 Å². The van der Waals surface area contributed by atoms with E-state index in [1.807, 2.05) is 6.92 Å². The van der Waals surface area contributed by atoms with Crippen molar-refractivity contribution in [2.75, 3.05) is 45.9 Å². The van der Waals surface area contributed by atoms with Crippen LogP contribution in [0.1, 0.15) is 91.4 Å². The predicted molar refractivity (Wildman–Crippen MR) is 158 cm³/mol. The van der Waals surface area contributed by atoms with Crippen LogP contribution in [0.5, 0.6) is 0 Å². The van der Waals surface area contributed by atoms with Crippen molar-refractivity contribution in [3.05, 3.63) is 12.7 Å². The monoisotopic (exact) mass is 636 g/mol. The summed E-state index contributed by atoms with van der Waals surface area (Å²) in [6.45, 7) is 18.1. The van der Waals surface area contributed by atoms with Crippen LogP contribution in [-0.2, 0) is 14.3 Å². The quantitative estimate of drug-likeness (QED) is 0.275. The molecule has 41 heavy (non-hydrogen) atoms. The summed E-state index contributed by atoms with van der Waals surface area (Å²) in [4.78, 5) is 15.5. The molecule has 4 aliphatic carbocycles. The molecular formula is C34H57BrN2O4. The fourth-order valence-electron chi connectivity index (χ4n) is 11.5. The number of rotatable bonds is 6. The third-order valence-electron chi connectivity index (χ3n) is 13.6. The number of esters is 1. The van der Waals surface area contributed by atoms with Crippen molar-refractivity contribution in [3.63, 3.8) is 0 Å². The minimum atomic E-state index is -0.211. The smallest absolute Gasteiger partial charge is 0.306 e. The van der Waals surface area contributed by atoms with E-state index in [1.165, 1.54) is 58.0 Å². The van der Waals surface area contributed by atoms with E-state index in [2.05, 4.69) is 31.4 Å². The Bertz CT molecular complexity index is 936. The molecule has 0 aromatic heterocycles. The van der Waals surface area contributed by atoms with E-state index < -0.39 is 0 Å². The van der Waals surface area contributed by atoms with Crippen LogP contribution in [-0.4, -0.2) is 90.7 Å². The molecule has 0 bridgehead atoms. The maximum absolute atomic E-state index is 12.9. The van der Waals surface area contributed by atoms with Crippen molar-refractivity contribution >= 4 is 5.97 Å². The molecule has 0 amide bonds. The number of carbonyl (C=O) groups excluding carboxylic acids is 1. The minimum absolute atomic E-state index is 0. The number of hydrogen-bond acceptors (Lipinski definition) is 5. The van der Waals surface area contributed by atoms with Crippen molar-refractivity contribution < 1.29 is 40.8 Å². The van der Waals surface area contributed by atoms with E-state index in [-0.39, 0.29) is 52.0 Å². The number of quaternary nitrogens is 1. The van der Waals surface area contributed by atoms with Gasteiger partial charge in [0.2, 0.25) is 0 Å². The van der Waals surface area contributed by atoms with Gasteiger partial charge in [-0.3, -0.25) is 9.69 Å². The van der Waals surface area contributed by atoms with Gasteiger partial charge < -0.3 is 36.0 Å². The Morgan fingerprint density at radius 1 is 1.07 bits per heavy atom. The van der Waals surface area contributed by atoms with Gasteiger partial charge in [-0.15, -0.1) is 0 Å². The highest BCUT2D eigenvalue weighted by Crippen LogP contribution is 2.67. The molecule has 10 atom stereocenters. The van der Waals surface area contributed by atoms with Crippen LogP contribution in [0.4, 0.5) is 0 Å². The van der Waals surface area contributed by atoms with Gasteiger partial charge in [-0.1, -0.05) is 27.4 Å². The van der Waals surface area contributed by atoms with Crippen LogP contribution >= 0.6 is 0 Å². The van der Waals surface area contributed by atoms with E-state index in [4.69, 9.17) is 9.47 Å². The molecule has 6 aliphatic rings. The Balaban J connectivity index is 0.00000337. The maximum atomic E-state index is 12.9. The van der Waals surface area contributed by atoms with Gasteiger partial charge in [0.05, 0.1) is 39.0 Å². The summed E-state index contributed by atoms with van der Waals surface area (Å²) in [5, 5.41) is 11.3. The highest BCUT2D eigenvalue weighted by molar-refractivity contribution is 5.69. The lowest BCUT2D eigenvalue weighted by molar-refractivity contribution is -0.952. The number of aliphatic hydroxyl groups is 1. The first-order chi connectivity index (χ1) is 19.3. The van der Waals surface area contributed by atoms with Crippen LogP contribution in [0.3, 0.4) is 0 Å². The Morgan fingerprint density at radius 3 is 2.49 bits per heavy atom. The van der Waals surface area contributed by atoms with Gasteiger partial charge in [-0.2, -0.15) is 0 Å². The van der Waals surface area contributed by atoms with E-state index in [0.29, 0.717) is 36.1 Å². The predicted octanol–water partition coefficient (Wildman–Crippen LogP) is 2.19. The number of likely N-dealkylation sites (tertiary alicyclic amines) is 1. The number of fused-ring (bicyclic) bond motifs is 5. The molecule has 234 valence electrons. The summed E-state index contributed by atoms with van der Waals surface area (Å²) >= 11 is 0. The van der Waals surface area contributed by atoms with E-state index in [9.17, 15) is 9.90 Å². The average Bonchev–Trinajstić information content (AvgIpc) is 3.26. The van der Waals surface area contributed by atoms with Gasteiger partial charge in [-0.25, -0.2) is 0 Å². The number of carbonyl (C=O) groups is 1. The van der Waals surface area contributed by atoms with Crippen LogP contribution in [0, 0.1) is 34.5 Å². The number of piperidine rings is 1. The van der Waals surface area contributed by atoms with E-state index in [1.54, 1.807) is 0 Å². The van der Waals surface area contributed by atoms with Crippen LogP contribution in [0.25, 0.3) is 0 Å². The third kappa shape index (κ3) is 5.40. The third-order valence-corrected chi connectivity index (χ3v) is 13.6. The molecule has 2 saturated heterocycles. The summed E-state index contributed by atoms with van der Waals surface area (Å²) in [6.07, 6.45) is 14.5. The molecule has 2 heterocycles. The molecule has 0 radical (unpaired) electrons. The lowest BCUT2D eigenvalue weighted by Crippen LogP contribution is -3.00. The van der Waals surface area contributed by atoms with E-state index in [0.717, 1.165) is 56.6 Å². The molecule has 0 aromatic rings. The molecule has 6 fully saturated rings.